The maximum Gasteiger partial charge on any atom is 0.226 e. The first-order valence-electron chi connectivity index (χ1n) is 7.65. The highest BCUT2D eigenvalue weighted by molar-refractivity contribution is 5.78. The molecule has 1 N–H and O–H groups in total. The molecular formula is C17H26N2O. The van der Waals surface area contributed by atoms with Gasteiger partial charge in [0.2, 0.25) is 5.91 Å². The molecule has 2 atom stereocenters. The van der Waals surface area contributed by atoms with Crippen molar-refractivity contribution in [2.75, 3.05) is 19.4 Å². The second kappa shape index (κ2) is 6.78. The summed E-state index contributed by atoms with van der Waals surface area (Å²) in [4.78, 5) is 13.3. The molecular weight excluding hydrogens is 248 g/mol. The number of anilines is 1. The molecule has 0 saturated heterocycles. The van der Waals surface area contributed by atoms with E-state index in [0.717, 1.165) is 11.5 Å². The van der Waals surface area contributed by atoms with Crippen LogP contribution in [0.3, 0.4) is 0 Å². The molecule has 0 bridgehead atoms. The van der Waals surface area contributed by atoms with Gasteiger partial charge in [-0.15, -0.1) is 0 Å². The van der Waals surface area contributed by atoms with E-state index in [1.165, 1.54) is 31.4 Å². The Morgan fingerprint density at radius 2 is 1.95 bits per heavy atom. The van der Waals surface area contributed by atoms with Gasteiger partial charge in [0.05, 0.1) is 6.42 Å². The van der Waals surface area contributed by atoms with Crippen molar-refractivity contribution in [3.63, 3.8) is 0 Å². The van der Waals surface area contributed by atoms with E-state index in [0.29, 0.717) is 12.5 Å². The number of hydrogen-bond acceptors (Lipinski definition) is 2. The predicted octanol–water partition coefficient (Wildman–Crippen LogP) is 3.31. The van der Waals surface area contributed by atoms with Crippen LogP contribution in [0.2, 0.25) is 0 Å². The van der Waals surface area contributed by atoms with Crippen LogP contribution in [0.1, 0.15) is 38.2 Å². The van der Waals surface area contributed by atoms with E-state index in [1.54, 1.807) is 19.0 Å². The Balaban J connectivity index is 1.93. The van der Waals surface area contributed by atoms with E-state index >= 15 is 0 Å². The first-order chi connectivity index (χ1) is 9.60. The van der Waals surface area contributed by atoms with Crippen LogP contribution in [0.4, 0.5) is 5.69 Å². The number of rotatable bonds is 5. The predicted molar refractivity (Wildman–Crippen MR) is 83.9 cm³/mol. The molecule has 1 aliphatic carbocycles. The Labute approximate surface area is 122 Å². The van der Waals surface area contributed by atoms with Crippen LogP contribution >= 0.6 is 0 Å². The van der Waals surface area contributed by atoms with Crippen LogP contribution in [0, 0.1) is 5.92 Å². The van der Waals surface area contributed by atoms with Crippen molar-refractivity contribution in [1.82, 2.24) is 4.90 Å². The summed E-state index contributed by atoms with van der Waals surface area (Å²) in [7, 11) is 3.59. The number of hydrogen-bond donors (Lipinski definition) is 1. The minimum atomic E-state index is 0.146. The van der Waals surface area contributed by atoms with Crippen LogP contribution < -0.4 is 5.32 Å². The summed E-state index contributed by atoms with van der Waals surface area (Å²) in [5, 5.41) is 3.65. The van der Waals surface area contributed by atoms with Crippen LogP contribution in [0.25, 0.3) is 0 Å². The summed E-state index contributed by atoms with van der Waals surface area (Å²) in [5.41, 5.74) is 2.25. The highest BCUT2D eigenvalue weighted by atomic mass is 16.2. The van der Waals surface area contributed by atoms with Crippen LogP contribution in [-0.2, 0) is 11.2 Å². The largest absolute Gasteiger partial charge is 0.382 e. The summed E-state index contributed by atoms with van der Waals surface area (Å²) in [5.74, 6) is 0.956. The van der Waals surface area contributed by atoms with E-state index in [1.807, 2.05) is 0 Å². The van der Waals surface area contributed by atoms with Crippen LogP contribution in [-0.4, -0.2) is 30.9 Å². The summed E-state index contributed by atoms with van der Waals surface area (Å²) < 4.78 is 0. The highest BCUT2D eigenvalue weighted by Gasteiger charge is 2.25. The summed E-state index contributed by atoms with van der Waals surface area (Å²) in [6.45, 7) is 2.28. The zero-order chi connectivity index (χ0) is 14.5. The Hall–Kier alpha value is -1.51. The smallest absolute Gasteiger partial charge is 0.226 e. The molecule has 1 aliphatic rings. The summed E-state index contributed by atoms with van der Waals surface area (Å²) in [6.07, 6.45) is 5.70. The van der Waals surface area contributed by atoms with Gasteiger partial charge in [-0.1, -0.05) is 31.9 Å². The first kappa shape index (κ1) is 14.9. The summed E-state index contributed by atoms with van der Waals surface area (Å²) >= 11 is 0. The third kappa shape index (κ3) is 3.75. The van der Waals surface area contributed by atoms with Gasteiger partial charge in [-0.25, -0.2) is 0 Å². The van der Waals surface area contributed by atoms with E-state index in [9.17, 15) is 4.79 Å². The lowest BCUT2D eigenvalue weighted by molar-refractivity contribution is -0.127. The molecule has 0 heterocycles. The monoisotopic (exact) mass is 274 g/mol. The molecule has 2 rings (SSSR count). The number of likely N-dealkylation sites (N-methyl/N-ethyl adjacent to an activating group) is 1. The van der Waals surface area contributed by atoms with Crippen LogP contribution in [0.15, 0.2) is 24.3 Å². The fourth-order valence-electron chi connectivity index (χ4n) is 2.98. The van der Waals surface area contributed by atoms with Gasteiger partial charge in [0.25, 0.3) is 0 Å². The molecule has 3 heteroatoms. The SMILES string of the molecule is CCC1CCCC1Nc1ccc(CC(=O)N(C)C)cc1. The van der Waals surface area contributed by atoms with Crippen molar-refractivity contribution in [2.24, 2.45) is 5.92 Å². The molecule has 0 radical (unpaired) electrons. The highest BCUT2D eigenvalue weighted by Crippen LogP contribution is 2.30. The van der Waals surface area contributed by atoms with E-state index < -0.39 is 0 Å². The molecule has 0 aromatic heterocycles. The van der Waals surface area contributed by atoms with Crippen molar-refractivity contribution >= 4 is 11.6 Å². The standard InChI is InChI=1S/C17H26N2O/c1-4-14-6-5-7-16(14)18-15-10-8-13(9-11-15)12-17(20)19(2)3/h8-11,14,16,18H,4-7,12H2,1-3H3. The average Bonchev–Trinajstić information content (AvgIpc) is 2.88. The van der Waals surface area contributed by atoms with E-state index in [2.05, 4.69) is 36.5 Å². The number of nitrogens with zero attached hydrogens (tertiary/aromatic N) is 1. The Kier molecular flexibility index (Phi) is 5.05. The lowest BCUT2D eigenvalue weighted by atomic mass is 10.0. The molecule has 110 valence electrons. The normalized spacial score (nSPS) is 21.8. The minimum Gasteiger partial charge on any atom is -0.382 e. The molecule has 2 unspecified atom stereocenters. The van der Waals surface area contributed by atoms with Crippen molar-refractivity contribution in [2.45, 2.75) is 45.1 Å². The van der Waals surface area contributed by atoms with Gasteiger partial charge in [-0.2, -0.15) is 0 Å². The molecule has 1 fully saturated rings. The zero-order valence-corrected chi connectivity index (χ0v) is 12.9. The van der Waals surface area contributed by atoms with Crippen molar-refractivity contribution in [3.8, 4) is 0 Å². The second-order valence-electron chi connectivity index (χ2n) is 6.01. The van der Waals surface area contributed by atoms with Gasteiger partial charge in [0, 0.05) is 25.8 Å². The Morgan fingerprint density at radius 3 is 2.55 bits per heavy atom. The van der Waals surface area contributed by atoms with Crippen LogP contribution in [0.5, 0.6) is 0 Å². The number of benzene rings is 1. The Bertz CT molecular complexity index is 439. The van der Waals surface area contributed by atoms with Gasteiger partial charge < -0.3 is 10.2 Å². The number of carbonyl (C=O) groups is 1. The fourth-order valence-corrected chi connectivity index (χ4v) is 2.98. The van der Waals surface area contributed by atoms with Gasteiger partial charge in [0.15, 0.2) is 0 Å². The van der Waals surface area contributed by atoms with Crippen molar-refractivity contribution < 1.29 is 4.79 Å². The van der Waals surface area contributed by atoms with Gasteiger partial charge >= 0.3 is 0 Å². The Morgan fingerprint density at radius 1 is 1.25 bits per heavy atom. The number of amides is 1. The topological polar surface area (TPSA) is 32.3 Å². The van der Waals surface area contributed by atoms with E-state index in [4.69, 9.17) is 0 Å². The number of carbonyl (C=O) groups excluding carboxylic acids is 1. The molecule has 0 aliphatic heterocycles. The molecule has 1 aromatic rings. The number of nitrogens with one attached hydrogen (secondary N) is 1. The molecule has 1 aromatic carbocycles. The molecule has 1 amide bonds. The minimum absolute atomic E-state index is 0.146. The maximum atomic E-state index is 11.7. The second-order valence-corrected chi connectivity index (χ2v) is 6.01. The van der Waals surface area contributed by atoms with Crippen molar-refractivity contribution in [1.29, 1.82) is 0 Å². The molecule has 0 spiro atoms. The average molecular weight is 274 g/mol. The summed E-state index contributed by atoms with van der Waals surface area (Å²) in [6, 6.07) is 8.93. The maximum absolute atomic E-state index is 11.7. The van der Waals surface area contributed by atoms with Gasteiger partial charge in [0.1, 0.15) is 0 Å². The van der Waals surface area contributed by atoms with Gasteiger partial charge in [-0.05, 0) is 36.5 Å². The third-order valence-corrected chi connectivity index (χ3v) is 4.34. The zero-order valence-electron chi connectivity index (χ0n) is 12.9. The molecule has 20 heavy (non-hydrogen) atoms. The fraction of sp³-hybridized carbons (Fsp3) is 0.588. The van der Waals surface area contributed by atoms with Gasteiger partial charge in [-0.3, -0.25) is 4.79 Å². The quantitative estimate of drug-likeness (QED) is 0.893. The molecule has 1 saturated carbocycles. The first-order valence-corrected chi connectivity index (χ1v) is 7.65. The third-order valence-electron chi connectivity index (χ3n) is 4.34. The van der Waals surface area contributed by atoms with E-state index in [-0.39, 0.29) is 5.91 Å². The molecule has 3 nitrogen and oxygen atoms in total. The lowest BCUT2D eigenvalue weighted by Gasteiger charge is -2.21. The lowest BCUT2D eigenvalue weighted by Crippen LogP contribution is -2.24. The van der Waals surface area contributed by atoms with Crippen molar-refractivity contribution in [3.05, 3.63) is 29.8 Å².